The van der Waals surface area contributed by atoms with E-state index in [1.165, 1.54) is 0 Å². The van der Waals surface area contributed by atoms with Crippen molar-refractivity contribution in [2.24, 2.45) is 5.92 Å². The molecule has 1 saturated heterocycles. The Morgan fingerprint density at radius 2 is 2.29 bits per heavy atom. The van der Waals surface area contributed by atoms with Gasteiger partial charge < -0.3 is 10.2 Å². The van der Waals surface area contributed by atoms with Gasteiger partial charge in [-0.3, -0.25) is 9.58 Å². The predicted octanol–water partition coefficient (Wildman–Crippen LogP) is -0.133. The van der Waals surface area contributed by atoms with Crippen molar-refractivity contribution >= 4 is 0 Å². The zero-order chi connectivity index (χ0) is 12.3. The number of piperidine rings is 1. The van der Waals surface area contributed by atoms with Crippen molar-refractivity contribution in [3.05, 3.63) is 18.0 Å². The molecule has 2 N–H and O–H groups in total. The molecule has 0 radical (unpaired) electrons. The number of aliphatic hydroxyl groups excluding tert-OH is 2. The Morgan fingerprint density at radius 3 is 2.88 bits per heavy atom. The molecule has 2 atom stereocenters. The lowest BCUT2D eigenvalue weighted by Crippen LogP contribution is -2.46. The van der Waals surface area contributed by atoms with Crippen molar-refractivity contribution < 1.29 is 10.2 Å². The van der Waals surface area contributed by atoms with Crippen LogP contribution in [0.1, 0.15) is 12.1 Å². The molecular weight excluding hydrogens is 218 g/mol. The van der Waals surface area contributed by atoms with Crippen molar-refractivity contribution in [1.29, 1.82) is 0 Å². The number of aromatic nitrogens is 2. The van der Waals surface area contributed by atoms with Crippen LogP contribution < -0.4 is 0 Å². The molecule has 0 spiro atoms. The normalized spacial score (nSPS) is 26.3. The van der Waals surface area contributed by atoms with E-state index in [9.17, 15) is 5.11 Å². The molecule has 17 heavy (non-hydrogen) atoms. The van der Waals surface area contributed by atoms with E-state index in [4.69, 9.17) is 5.11 Å². The first kappa shape index (κ1) is 12.5. The maximum Gasteiger partial charge on any atom is 0.0717 e. The maximum atomic E-state index is 9.83. The van der Waals surface area contributed by atoms with Gasteiger partial charge in [-0.1, -0.05) is 0 Å². The van der Waals surface area contributed by atoms with Crippen molar-refractivity contribution in [3.63, 3.8) is 0 Å². The third-order valence-electron chi connectivity index (χ3n) is 3.60. The lowest BCUT2D eigenvalue weighted by Gasteiger charge is -2.35. The highest BCUT2D eigenvalue weighted by atomic mass is 16.3. The second-order valence-electron chi connectivity index (χ2n) is 4.80. The summed E-state index contributed by atoms with van der Waals surface area (Å²) in [6.45, 7) is 5.49. The second-order valence-corrected chi connectivity index (χ2v) is 4.80. The van der Waals surface area contributed by atoms with E-state index in [2.05, 4.69) is 10.00 Å². The summed E-state index contributed by atoms with van der Waals surface area (Å²) in [6, 6.07) is 1.99. The van der Waals surface area contributed by atoms with Gasteiger partial charge in [0.15, 0.2) is 0 Å². The minimum atomic E-state index is -0.396. The lowest BCUT2D eigenvalue weighted by atomic mass is 9.95. The molecule has 1 fully saturated rings. The van der Waals surface area contributed by atoms with Gasteiger partial charge in [-0.25, -0.2) is 0 Å². The molecule has 0 saturated carbocycles. The average Bonchev–Trinajstić information content (AvgIpc) is 2.72. The van der Waals surface area contributed by atoms with E-state index in [1.807, 2.05) is 23.9 Å². The second kappa shape index (κ2) is 5.62. The molecule has 1 aromatic rings. The third kappa shape index (κ3) is 3.06. The van der Waals surface area contributed by atoms with E-state index in [0.29, 0.717) is 6.54 Å². The Bertz CT molecular complexity index is 353. The number of hydrogen-bond donors (Lipinski definition) is 2. The van der Waals surface area contributed by atoms with Gasteiger partial charge >= 0.3 is 0 Å². The molecule has 2 rings (SSSR count). The summed E-state index contributed by atoms with van der Waals surface area (Å²) >= 11 is 0. The summed E-state index contributed by atoms with van der Waals surface area (Å²) in [6.07, 6.45) is 2.28. The Hall–Kier alpha value is -0.910. The van der Waals surface area contributed by atoms with Crippen LogP contribution in [0.15, 0.2) is 12.3 Å². The first-order valence-corrected chi connectivity index (χ1v) is 6.20. The largest absolute Gasteiger partial charge is 0.396 e. The zero-order valence-electron chi connectivity index (χ0n) is 10.3. The van der Waals surface area contributed by atoms with Gasteiger partial charge in [0, 0.05) is 37.5 Å². The van der Waals surface area contributed by atoms with E-state index in [-0.39, 0.29) is 12.5 Å². The van der Waals surface area contributed by atoms with Gasteiger partial charge in [-0.15, -0.1) is 0 Å². The summed E-state index contributed by atoms with van der Waals surface area (Å²) in [4.78, 5) is 2.23. The van der Waals surface area contributed by atoms with Crippen molar-refractivity contribution in [2.75, 3.05) is 26.2 Å². The molecule has 1 aromatic heterocycles. The molecule has 0 aromatic carbocycles. The molecule has 5 heteroatoms. The van der Waals surface area contributed by atoms with Crippen LogP contribution in [-0.4, -0.2) is 57.2 Å². The van der Waals surface area contributed by atoms with Gasteiger partial charge in [0.2, 0.25) is 0 Å². The summed E-state index contributed by atoms with van der Waals surface area (Å²) in [5.74, 6) is 0.0534. The van der Waals surface area contributed by atoms with E-state index >= 15 is 0 Å². The highest BCUT2D eigenvalue weighted by molar-refractivity contribution is 4.96. The molecule has 0 unspecified atom stereocenters. The van der Waals surface area contributed by atoms with E-state index < -0.39 is 6.10 Å². The van der Waals surface area contributed by atoms with Crippen molar-refractivity contribution in [1.82, 2.24) is 14.7 Å². The molecule has 1 aliphatic heterocycles. The number of β-amino-alcohol motifs (C(OH)–C–C–N with tert-alkyl or cyclic N) is 1. The maximum absolute atomic E-state index is 9.83. The molecule has 0 bridgehead atoms. The number of nitrogens with zero attached hydrogens (tertiary/aromatic N) is 3. The highest BCUT2D eigenvalue weighted by Crippen LogP contribution is 2.17. The quantitative estimate of drug-likeness (QED) is 0.768. The fourth-order valence-electron chi connectivity index (χ4n) is 2.33. The molecular formula is C12H21N3O2. The molecule has 0 aliphatic carbocycles. The van der Waals surface area contributed by atoms with Crippen molar-refractivity contribution in [3.8, 4) is 0 Å². The first-order chi connectivity index (χ1) is 8.20. The number of aryl methyl sites for hydroxylation is 1. The number of rotatable bonds is 4. The monoisotopic (exact) mass is 239 g/mol. The zero-order valence-corrected chi connectivity index (χ0v) is 10.3. The van der Waals surface area contributed by atoms with E-state index in [1.54, 1.807) is 0 Å². The molecule has 0 amide bonds. The van der Waals surface area contributed by atoms with Crippen molar-refractivity contribution in [2.45, 2.75) is 26.0 Å². The fourth-order valence-corrected chi connectivity index (χ4v) is 2.33. The minimum Gasteiger partial charge on any atom is -0.396 e. The smallest absolute Gasteiger partial charge is 0.0717 e. The fraction of sp³-hybridized carbons (Fsp3) is 0.750. The lowest BCUT2D eigenvalue weighted by molar-refractivity contribution is -0.00297. The first-order valence-electron chi connectivity index (χ1n) is 6.20. The Labute approximate surface area is 102 Å². The van der Waals surface area contributed by atoms with Gasteiger partial charge in [0.1, 0.15) is 0 Å². The van der Waals surface area contributed by atoms with Gasteiger partial charge in [-0.2, -0.15) is 5.10 Å². The van der Waals surface area contributed by atoms with Crippen LogP contribution in [0.3, 0.4) is 0 Å². The van der Waals surface area contributed by atoms with Crippen LogP contribution in [-0.2, 0) is 6.54 Å². The van der Waals surface area contributed by atoms with Crippen LogP contribution in [0, 0.1) is 12.8 Å². The summed E-state index contributed by atoms with van der Waals surface area (Å²) in [7, 11) is 0. The molecule has 1 aliphatic rings. The number of aliphatic hydroxyl groups is 2. The molecule has 2 heterocycles. The Morgan fingerprint density at radius 1 is 1.47 bits per heavy atom. The number of likely N-dealkylation sites (tertiary alicyclic amines) is 1. The summed E-state index contributed by atoms with van der Waals surface area (Å²) < 4.78 is 1.98. The average molecular weight is 239 g/mol. The summed E-state index contributed by atoms with van der Waals surface area (Å²) in [5.41, 5.74) is 1.16. The standard InChI is InChI=1S/C12H21N3O2/c1-10-2-4-13-15(10)7-6-14-5-3-11(9-16)12(17)8-14/h2,4,11-12,16-17H,3,5-9H2,1H3/t11-,12-/m1/s1. The van der Waals surface area contributed by atoms with Crippen LogP contribution in [0.4, 0.5) is 0 Å². The van der Waals surface area contributed by atoms with Crippen LogP contribution >= 0.6 is 0 Å². The van der Waals surface area contributed by atoms with Crippen LogP contribution in [0.2, 0.25) is 0 Å². The topological polar surface area (TPSA) is 61.5 Å². The number of hydrogen-bond acceptors (Lipinski definition) is 4. The Kier molecular flexibility index (Phi) is 4.15. The van der Waals surface area contributed by atoms with Crippen LogP contribution in [0.25, 0.3) is 0 Å². The van der Waals surface area contributed by atoms with Gasteiger partial charge in [0.25, 0.3) is 0 Å². The van der Waals surface area contributed by atoms with Crippen LogP contribution in [0.5, 0.6) is 0 Å². The highest BCUT2D eigenvalue weighted by Gasteiger charge is 2.26. The third-order valence-corrected chi connectivity index (χ3v) is 3.60. The van der Waals surface area contributed by atoms with Gasteiger partial charge in [0.05, 0.1) is 12.6 Å². The molecule has 5 nitrogen and oxygen atoms in total. The Balaban J connectivity index is 1.79. The summed E-state index contributed by atoms with van der Waals surface area (Å²) in [5, 5.41) is 23.1. The minimum absolute atomic E-state index is 0.0534. The SMILES string of the molecule is Cc1ccnn1CCN1CC[C@H](CO)[C@H](O)C1. The predicted molar refractivity (Wildman–Crippen MR) is 64.6 cm³/mol. The molecule has 96 valence electrons. The van der Waals surface area contributed by atoms with E-state index in [0.717, 1.165) is 31.7 Å². The van der Waals surface area contributed by atoms with Gasteiger partial charge in [-0.05, 0) is 26.0 Å².